The summed E-state index contributed by atoms with van der Waals surface area (Å²) in [6, 6.07) is 10.1. The summed E-state index contributed by atoms with van der Waals surface area (Å²) in [5.74, 6) is -0.587. The highest BCUT2D eigenvalue weighted by atomic mass is 16.7. The van der Waals surface area contributed by atoms with E-state index in [1.54, 1.807) is 0 Å². The third kappa shape index (κ3) is 3.06. The first kappa shape index (κ1) is 12.6. The van der Waals surface area contributed by atoms with Crippen LogP contribution in [0.2, 0.25) is 0 Å². The first-order chi connectivity index (χ1) is 8.23. The fourth-order valence-electron chi connectivity index (χ4n) is 2.23. The van der Waals surface area contributed by atoms with Gasteiger partial charge in [-0.05, 0) is 19.8 Å². The molecule has 1 unspecified atom stereocenters. The van der Waals surface area contributed by atoms with Gasteiger partial charge in [-0.15, -0.1) is 0 Å². The SMILES string of the molecule is CC(O)CCCC1(c2ccccc2)OCCO1. The number of hydrogen-bond donors (Lipinski definition) is 1. The summed E-state index contributed by atoms with van der Waals surface area (Å²) < 4.78 is 11.6. The van der Waals surface area contributed by atoms with Crippen molar-refractivity contribution in [1.29, 1.82) is 0 Å². The average Bonchev–Trinajstić information content (AvgIpc) is 2.80. The number of hydrogen-bond acceptors (Lipinski definition) is 3. The fourth-order valence-corrected chi connectivity index (χ4v) is 2.23. The van der Waals surface area contributed by atoms with Crippen LogP contribution in [0.5, 0.6) is 0 Å². The Hall–Kier alpha value is -0.900. The molecule has 0 saturated carbocycles. The minimum absolute atomic E-state index is 0.260. The van der Waals surface area contributed by atoms with Crippen LogP contribution in [0.25, 0.3) is 0 Å². The Morgan fingerprint density at radius 3 is 2.47 bits per heavy atom. The van der Waals surface area contributed by atoms with Crippen molar-refractivity contribution in [2.24, 2.45) is 0 Å². The van der Waals surface area contributed by atoms with Gasteiger partial charge in [-0.3, -0.25) is 0 Å². The molecule has 1 saturated heterocycles. The lowest BCUT2D eigenvalue weighted by Crippen LogP contribution is -2.27. The number of ether oxygens (including phenoxy) is 2. The molecule has 1 atom stereocenters. The van der Waals surface area contributed by atoms with Gasteiger partial charge in [-0.2, -0.15) is 0 Å². The van der Waals surface area contributed by atoms with E-state index in [-0.39, 0.29) is 6.10 Å². The molecule has 0 radical (unpaired) electrons. The van der Waals surface area contributed by atoms with Crippen LogP contribution in [0.3, 0.4) is 0 Å². The topological polar surface area (TPSA) is 38.7 Å². The highest BCUT2D eigenvalue weighted by molar-refractivity contribution is 5.20. The van der Waals surface area contributed by atoms with Crippen LogP contribution in [0, 0.1) is 0 Å². The molecule has 1 aliphatic heterocycles. The Morgan fingerprint density at radius 1 is 1.24 bits per heavy atom. The lowest BCUT2D eigenvalue weighted by Gasteiger charge is -2.28. The molecule has 1 aliphatic rings. The van der Waals surface area contributed by atoms with E-state index in [1.165, 1.54) is 0 Å². The van der Waals surface area contributed by atoms with Crippen molar-refractivity contribution < 1.29 is 14.6 Å². The van der Waals surface area contributed by atoms with Crippen LogP contribution in [0.15, 0.2) is 30.3 Å². The third-order valence-electron chi connectivity index (χ3n) is 3.10. The molecule has 1 aromatic rings. The second-order valence-corrected chi connectivity index (χ2v) is 4.56. The molecule has 0 aliphatic carbocycles. The van der Waals surface area contributed by atoms with Crippen molar-refractivity contribution in [2.75, 3.05) is 13.2 Å². The van der Waals surface area contributed by atoms with Crippen LogP contribution in [0.4, 0.5) is 0 Å². The second-order valence-electron chi connectivity index (χ2n) is 4.56. The summed E-state index contributed by atoms with van der Waals surface area (Å²) in [5, 5.41) is 9.30. The van der Waals surface area contributed by atoms with E-state index in [0.29, 0.717) is 13.2 Å². The van der Waals surface area contributed by atoms with Crippen LogP contribution in [-0.2, 0) is 15.3 Å². The second kappa shape index (κ2) is 5.63. The molecule has 1 heterocycles. The predicted molar refractivity (Wildman–Crippen MR) is 65.6 cm³/mol. The van der Waals surface area contributed by atoms with Gasteiger partial charge in [0.05, 0.1) is 19.3 Å². The van der Waals surface area contributed by atoms with Crippen molar-refractivity contribution >= 4 is 0 Å². The van der Waals surface area contributed by atoms with Crippen LogP contribution < -0.4 is 0 Å². The maximum Gasteiger partial charge on any atom is 0.194 e. The van der Waals surface area contributed by atoms with Crippen molar-refractivity contribution in [3.63, 3.8) is 0 Å². The van der Waals surface area contributed by atoms with Crippen LogP contribution in [0.1, 0.15) is 31.7 Å². The maximum absolute atomic E-state index is 9.30. The lowest BCUT2D eigenvalue weighted by atomic mass is 9.99. The number of rotatable bonds is 5. The Morgan fingerprint density at radius 2 is 1.88 bits per heavy atom. The average molecular weight is 236 g/mol. The summed E-state index contributed by atoms with van der Waals surface area (Å²) in [7, 11) is 0. The number of benzene rings is 1. The van der Waals surface area contributed by atoms with Crippen LogP contribution in [-0.4, -0.2) is 24.4 Å². The van der Waals surface area contributed by atoms with Crippen molar-refractivity contribution in [3.8, 4) is 0 Å². The van der Waals surface area contributed by atoms with Crippen LogP contribution >= 0.6 is 0 Å². The van der Waals surface area contributed by atoms with Crippen molar-refractivity contribution in [2.45, 2.75) is 38.1 Å². The van der Waals surface area contributed by atoms with Gasteiger partial charge < -0.3 is 14.6 Å². The van der Waals surface area contributed by atoms with E-state index in [0.717, 1.165) is 24.8 Å². The number of aliphatic hydroxyl groups excluding tert-OH is 1. The van der Waals surface area contributed by atoms with Gasteiger partial charge in [0.1, 0.15) is 0 Å². The summed E-state index contributed by atoms with van der Waals surface area (Å²) in [6.45, 7) is 3.10. The maximum atomic E-state index is 9.30. The molecular formula is C14H20O3. The molecule has 94 valence electrons. The molecule has 1 fully saturated rings. The monoisotopic (exact) mass is 236 g/mol. The Bertz CT molecular complexity index is 329. The first-order valence-electron chi connectivity index (χ1n) is 6.24. The standard InChI is InChI=1S/C14H20O3/c1-12(15)6-5-9-14(16-10-11-17-14)13-7-3-2-4-8-13/h2-4,7-8,12,15H,5-6,9-11H2,1H3. The first-order valence-corrected chi connectivity index (χ1v) is 6.24. The summed E-state index contributed by atoms with van der Waals surface area (Å²) in [5.41, 5.74) is 1.07. The molecule has 0 amide bonds. The van der Waals surface area contributed by atoms with E-state index < -0.39 is 5.79 Å². The van der Waals surface area contributed by atoms with Crippen molar-refractivity contribution in [3.05, 3.63) is 35.9 Å². The Balaban J connectivity index is 2.05. The minimum atomic E-state index is -0.587. The smallest absolute Gasteiger partial charge is 0.194 e. The van der Waals surface area contributed by atoms with Gasteiger partial charge in [0.15, 0.2) is 5.79 Å². The highest BCUT2D eigenvalue weighted by Crippen LogP contribution is 2.36. The van der Waals surface area contributed by atoms with Gasteiger partial charge in [0.25, 0.3) is 0 Å². The van der Waals surface area contributed by atoms with Gasteiger partial charge in [0, 0.05) is 12.0 Å². The van der Waals surface area contributed by atoms with E-state index in [4.69, 9.17) is 9.47 Å². The largest absolute Gasteiger partial charge is 0.393 e. The lowest BCUT2D eigenvalue weighted by molar-refractivity contribution is -0.172. The van der Waals surface area contributed by atoms with Gasteiger partial charge in [0.2, 0.25) is 0 Å². The molecule has 0 spiro atoms. The predicted octanol–water partition coefficient (Wildman–Crippen LogP) is 2.44. The van der Waals surface area contributed by atoms with E-state index in [2.05, 4.69) is 0 Å². The quantitative estimate of drug-likeness (QED) is 0.853. The van der Waals surface area contributed by atoms with E-state index >= 15 is 0 Å². The summed E-state index contributed by atoms with van der Waals surface area (Å²) in [6.07, 6.45) is 2.21. The van der Waals surface area contributed by atoms with Gasteiger partial charge in [-0.25, -0.2) is 0 Å². The number of aliphatic hydroxyl groups is 1. The molecule has 0 aromatic heterocycles. The van der Waals surface area contributed by atoms with E-state index in [1.807, 2.05) is 37.3 Å². The summed E-state index contributed by atoms with van der Waals surface area (Å²) >= 11 is 0. The molecule has 3 nitrogen and oxygen atoms in total. The molecule has 2 rings (SSSR count). The summed E-state index contributed by atoms with van der Waals surface area (Å²) in [4.78, 5) is 0. The highest BCUT2D eigenvalue weighted by Gasteiger charge is 2.37. The van der Waals surface area contributed by atoms with E-state index in [9.17, 15) is 5.11 Å². The van der Waals surface area contributed by atoms with Gasteiger partial charge >= 0.3 is 0 Å². The Labute approximate surface area is 102 Å². The third-order valence-corrected chi connectivity index (χ3v) is 3.10. The molecule has 0 bridgehead atoms. The zero-order valence-electron chi connectivity index (χ0n) is 10.3. The molecule has 1 aromatic carbocycles. The molecule has 3 heteroatoms. The zero-order valence-corrected chi connectivity index (χ0v) is 10.3. The molecule has 1 N–H and O–H groups in total. The Kier molecular flexibility index (Phi) is 4.15. The minimum Gasteiger partial charge on any atom is -0.393 e. The zero-order chi connectivity index (χ0) is 12.1. The molecule has 17 heavy (non-hydrogen) atoms. The van der Waals surface area contributed by atoms with Gasteiger partial charge in [-0.1, -0.05) is 30.3 Å². The molecular weight excluding hydrogens is 216 g/mol. The normalized spacial score (nSPS) is 20.4. The fraction of sp³-hybridized carbons (Fsp3) is 0.571. The van der Waals surface area contributed by atoms with Crippen molar-refractivity contribution in [1.82, 2.24) is 0 Å².